The predicted molar refractivity (Wildman–Crippen MR) is 104 cm³/mol. The van der Waals surface area contributed by atoms with Crippen LogP contribution in [0.15, 0.2) is 30.0 Å². The van der Waals surface area contributed by atoms with E-state index in [0.29, 0.717) is 12.0 Å². The van der Waals surface area contributed by atoms with E-state index in [1.807, 2.05) is 20.0 Å². The summed E-state index contributed by atoms with van der Waals surface area (Å²) in [4.78, 5) is 13.6. The molecule has 0 bridgehead atoms. The monoisotopic (exact) mass is 359 g/mol. The number of aryl methyl sites for hydroxylation is 1. The maximum absolute atomic E-state index is 11.8. The molecule has 1 unspecified atom stereocenters. The summed E-state index contributed by atoms with van der Waals surface area (Å²) in [5.74, 6) is -1.66. The predicted octanol–water partition coefficient (Wildman–Crippen LogP) is 4.98. The van der Waals surface area contributed by atoms with Crippen LogP contribution in [0.5, 0.6) is 11.5 Å². The molecule has 0 saturated carbocycles. The summed E-state index contributed by atoms with van der Waals surface area (Å²) in [7, 11) is 0. The summed E-state index contributed by atoms with van der Waals surface area (Å²) in [5, 5.41) is 31.0. The van der Waals surface area contributed by atoms with Crippen molar-refractivity contribution in [3.63, 3.8) is 0 Å². The van der Waals surface area contributed by atoms with E-state index < -0.39 is 5.97 Å². The van der Waals surface area contributed by atoms with E-state index in [2.05, 4.69) is 13.5 Å². The van der Waals surface area contributed by atoms with E-state index in [0.717, 1.165) is 43.3 Å². The summed E-state index contributed by atoms with van der Waals surface area (Å²) in [6, 6.07) is 1.39. The average molecular weight is 359 g/mol. The number of hydrogen-bond acceptors (Lipinski definition) is 4. The second-order valence-electron chi connectivity index (χ2n) is 7.17. The van der Waals surface area contributed by atoms with Gasteiger partial charge in [-0.1, -0.05) is 37.5 Å². The lowest BCUT2D eigenvalue weighted by Gasteiger charge is -2.36. The van der Waals surface area contributed by atoms with Gasteiger partial charge in [0.1, 0.15) is 17.0 Å². The average Bonchev–Trinajstić information content (AvgIpc) is 2.54. The van der Waals surface area contributed by atoms with Crippen molar-refractivity contribution in [2.75, 3.05) is 4.90 Å². The van der Waals surface area contributed by atoms with Crippen LogP contribution < -0.4 is 4.90 Å². The van der Waals surface area contributed by atoms with Gasteiger partial charge in [0.05, 0.1) is 6.04 Å². The Labute approximate surface area is 155 Å². The van der Waals surface area contributed by atoms with Crippen molar-refractivity contribution < 1.29 is 20.1 Å². The van der Waals surface area contributed by atoms with E-state index in [-0.39, 0.29) is 28.8 Å². The molecule has 0 spiro atoms. The Hall–Kier alpha value is -2.43. The van der Waals surface area contributed by atoms with Gasteiger partial charge in [-0.3, -0.25) is 0 Å². The Bertz CT molecular complexity index is 736. The molecule has 1 aromatic rings. The van der Waals surface area contributed by atoms with Crippen LogP contribution in [0.4, 0.5) is 5.69 Å². The molecule has 26 heavy (non-hydrogen) atoms. The van der Waals surface area contributed by atoms with E-state index in [1.165, 1.54) is 6.07 Å². The van der Waals surface area contributed by atoms with Crippen LogP contribution in [0.3, 0.4) is 0 Å². The molecule has 0 radical (unpaired) electrons. The van der Waals surface area contributed by atoms with Gasteiger partial charge in [0.15, 0.2) is 5.75 Å². The molecular weight excluding hydrogens is 330 g/mol. The molecule has 0 aliphatic carbocycles. The van der Waals surface area contributed by atoms with Gasteiger partial charge in [0, 0.05) is 6.20 Å². The number of aromatic hydroxyl groups is 2. The third-order valence-corrected chi connectivity index (χ3v) is 4.93. The lowest BCUT2D eigenvalue weighted by molar-refractivity contribution is 0.0692. The molecular formula is C21H29NO4. The fourth-order valence-corrected chi connectivity index (χ4v) is 3.55. The first kappa shape index (κ1) is 19.9. The Kier molecular flexibility index (Phi) is 6.35. The first-order valence-electron chi connectivity index (χ1n) is 9.20. The number of unbranched alkanes of at least 4 members (excludes halogenated alkanes) is 2. The molecule has 2 rings (SSSR count). The molecule has 0 amide bonds. The molecule has 5 heteroatoms. The van der Waals surface area contributed by atoms with Crippen molar-refractivity contribution in [3.05, 3.63) is 41.1 Å². The van der Waals surface area contributed by atoms with Crippen LogP contribution >= 0.6 is 0 Å². The number of nitrogens with zero attached hydrogens (tertiary/aromatic N) is 1. The SMILES string of the molecule is C=C(C)C1CCC(C)=CN1c1c(O)cc(CCCCC)c(C(=O)O)c1O. The number of allylic oxidation sites excluding steroid dienone is 1. The maximum Gasteiger partial charge on any atom is 0.339 e. The van der Waals surface area contributed by atoms with Gasteiger partial charge in [-0.15, -0.1) is 0 Å². The molecule has 3 N–H and O–H groups in total. The molecule has 0 saturated heterocycles. The number of hydrogen-bond donors (Lipinski definition) is 3. The first-order chi connectivity index (χ1) is 12.3. The fraction of sp³-hybridized carbons (Fsp3) is 0.476. The lowest BCUT2D eigenvalue weighted by Crippen LogP contribution is -2.34. The van der Waals surface area contributed by atoms with Crippen molar-refractivity contribution in [1.82, 2.24) is 0 Å². The van der Waals surface area contributed by atoms with Crippen molar-refractivity contribution in [3.8, 4) is 11.5 Å². The van der Waals surface area contributed by atoms with E-state index >= 15 is 0 Å². The standard InChI is InChI=1S/C21H29NO4/c1-5-6-7-8-15-11-17(23)19(20(24)18(15)21(25)26)22-12-14(4)9-10-16(22)13(2)3/h11-12,16,23-24H,2,5-10H2,1,3-4H3,(H,25,26). The minimum Gasteiger partial charge on any atom is -0.506 e. The quantitative estimate of drug-likeness (QED) is 0.473. The van der Waals surface area contributed by atoms with Gasteiger partial charge in [-0.05, 0) is 51.2 Å². The van der Waals surface area contributed by atoms with Crippen molar-refractivity contribution >= 4 is 11.7 Å². The summed E-state index contributed by atoms with van der Waals surface area (Å²) in [6.07, 6.45) is 6.86. The second-order valence-corrected chi connectivity index (χ2v) is 7.17. The fourth-order valence-electron chi connectivity index (χ4n) is 3.55. The highest BCUT2D eigenvalue weighted by atomic mass is 16.4. The molecule has 1 aliphatic heterocycles. The smallest absolute Gasteiger partial charge is 0.339 e. The molecule has 0 fully saturated rings. The molecule has 1 heterocycles. The van der Waals surface area contributed by atoms with Crippen molar-refractivity contribution in [1.29, 1.82) is 0 Å². The zero-order chi connectivity index (χ0) is 19.4. The lowest BCUT2D eigenvalue weighted by atomic mass is 9.93. The molecule has 1 atom stereocenters. The number of benzene rings is 1. The summed E-state index contributed by atoms with van der Waals surface area (Å²) in [6.45, 7) is 9.96. The van der Waals surface area contributed by atoms with Gasteiger partial charge in [0.25, 0.3) is 0 Å². The van der Waals surface area contributed by atoms with Gasteiger partial charge in [-0.25, -0.2) is 4.79 Å². The number of phenols is 2. The topological polar surface area (TPSA) is 81.0 Å². The second kappa shape index (κ2) is 8.30. The number of carboxylic acids is 1. The van der Waals surface area contributed by atoms with Crippen LogP contribution in [0.25, 0.3) is 0 Å². The summed E-state index contributed by atoms with van der Waals surface area (Å²) in [5.41, 5.74) is 2.50. The number of rotatable bonds is 7. The Morgan fingerprint density at radius 2 is 2.04 bits per heavy atom. The van der Waals surface area contributed by atoms with Crippen LogP contribution in [0, 0.1) is 0 Å². The number of carboxylic acid groups (broad SMARTS) is 1. The number of aromatic carboxylic acids is 1. The normalized spacial score (nSPS) is 17.1. The molecule has 1 aliphatic rings. The largest absolute Gasteiger partial charge is 0.506 e. The van der Waals surface area contributed by atoms with Crippen LogP contribution in [-0.2, 0) is 6.42 Å². The van der Waals surface area contributed by atoms with Crippen LogP contribution in [0.2, 0.25) is 0 Å². The number of phenolic OH excluding ortho intramolecular Hbond substituents is 1. The molecule has 0 aromatic heterocycles. The third-order valence-electron chi connectivity index (χ3n) is 4.93. The van der Waals surface area contributed by atoms with Crippen LogP contribution in [0.1, 0.15) is 68.8 Å². The highest BCUT2D eigenvalue weighted by molar-refractivity contribution is 5.96. The zero-order valence-corrected chi connectivity index (χ0v) is 15.9. The molecule has 142 valence electrons. The van der Waals surface area contributed by atoms with E-state index in [4.69, 9.17) is 0 Å². The maximum atomic E-state index is 11.8. The van der Waals surface area contributed by atoms with Crippen LogP contribution in [-0.4, -0.2) is 27.3 Å². The van der Waals surface area contributed by atoms with Gasteiger partial charge in [0.2, 0.25) is 0 Å². The molecule has 1 aromatic carbocycles. The van der Waals surface area contributed by atoms with Crippen molar-refractivity contribution in [2.45, 2.75) is 65.3 Å². The minimum absolute atomic E-state index is 0.0944. The van der Waals surface area contributed by atoms with E-state index in [9.17, 15) is 20.1 Å². The van der Waals surface area contributed by atoms with Gasteiger partial charge >= 0.3 is 5.97 Å². The minimum atomic E-state index is -1.18. The van der Waals surface area contributed by atoms with Gasteiger partial charge in [-0.2, -0.15) is 0 Å². The highest BCUT2D eigenvalue weighted by Crippen LogP contribution is 2.45. The number of anilines is 1. The van der Waals surface area contributed by atoms with Gasteiger partial charge < -0.3 is 20.2 Å². The summed E-state index contributed by atoms with van der Waals surface area (Å²) >= 11 is 0. The summed E-state index contributed by atoms with van der Waals surface area (Å²) < 4.78 is 0. The Balaban J connectivity index is 2.58. The third kappa shape index (κ3) is 4.03. The van der Waals surface area contributed by atoms with Crippen molar-refractivity contribution in [2.24, 2.45) is 0 Å². The number of carbonyl (C=O) groups is 1. The van der Waals surface area contributed by atoms with E-state index in [1.54, 1.807) is 4.90 Å². The highest BCUT2D eigenvalue weighted by Gasteiger charge is 2.30. The Morgan fingerprint density at radius 3 is 2.62 bits per heavy atom. The zero-order valence-electron chi connectivity index (χ0n) is 15.9. The first-order valence-corrected chi connectivity index (χ1v) is 9.20. The molecule has 5 nitrogen and oxygen atoms in total. The Morgan fingerprint density at radius 1 is 1.35 bits per heavy atom.